The fourth-order valence-corrected chi connectivity index (χ4v) is 3.33. The van der Waals surface area contributed by atoms with Crippen molar-refractivity contribution in [3.8, 4) is 0 Å². The third-order valence-corrected chi connectivity index (χ3v) is 4.85. The molecule has 0 saturated carbocycles. The maximum atomic E-state index is 11.5. The summed E-state index contributed by atoms with van der Waals surface area (Å²) >= 11 is 1.33. The molecule has 0 unspecified atom stereocenters. The molecular formula is C8H13NO2S2. The minimum absolute atomic E-state index is 0.409. The van der Waals surface area contributed by atoms with Crippen LogP contribution in [0, 0.1) is 0 Å². The predicted molar refractivity (Wildman–Crippen MR) is 54.6 cm³/mol. The SMILES string of the molecule is CCNS(=O)(=O)c1ccc(CC)s1. The largest absolute Gasteiger partial charge is 0.250 e. The lowest BCUT2D eigenvalue weighted by atomic mass is 10.4. The van der Waals surface area contributed by atoms with Gasteiger partial charge in [-0.05, 0) is 18.6 Å². The molecule has 0 aliphatic carbocycles. The standard InChI is InChI=1S/C8H13NO2S2/c1-3-7-5-6-8(12-7)13(10,11)9-4-2/h5-6,9H,3-4H2,1-2H3. The summed E-state index contributed by atoms with van der Waals surface area (Å²) in [5.74, 6) is 0. The van der Waals surface area contributed by atoms with E-state index in [1.807, 2.05) is 13.0 Å². The molecule has 0 bridgehead atoms. The summed E-state index contributed by atoms with van der Waals surface area (Å²) in [6.07, 6.45) is 0.881. The molecule has 0 aliphatic rings. The quantitative estimate of drug-likeness (QED) is 0.836. The van der Waals surface area contributed by atoms with Crippen molar-refractivity contribution in [2.24, 2.45) is 0 Å². The zero-order chi connectivity index (χ0) is 9.90. The van der Waals surface area contributed by atoms with Crippen LogP contribution in [0.15, 0.2) is 16.3 Å². The van der Waals surface area contributed by atoms with Crippen molar-refractivity contribution in [3.05, 3.63) is 17.0 Å². The van der Waals surface area contributed by atoms with E-state index in [0.717, 1.165) is 11.3 Å². The highest BCUT2D eigenvalue weighted by atomic mass is 32.2. The van der Waals surface area contributed by atoms with Crippen molar-refractivity contribution in [1.29, 1.82) is 0 Å². The lowest BCUT2D eigenvalue weighted by molar-refractivity contribution is 0.586. The van der Waals surface area contributed by atoms with E-state index < -0.39 is 10.0 Å². The second kappa shape index (κ2) is 4.21. The first-order chi connectivity index (χ1) is 6.10. The van der Waals surface area contributed by atoms with Crippen LogP contribution in [0.1, 0.15) is 18.7 Å². The molecule has 0 fully saturated rings. The van der Waals surface area contributed by atoms with Gasteiger partial charge in [-0.2, -0.15) is 0 Å². The van der Waals surface area contributed by atoms with Gasteiger partial charge in [0, 0.05) is 11.4 Å². The fourth-order valence-electron chi connectivity index (χ4n) is 0.954. The first kappa shape index (κ1) is 10.7. The van der Waals surface area contributed by atoms with Gasteiger partial charge in [0.05, 0.1) is 0 Å². The Morgan fingerprint density at radius 1 is 1.38 bits per heavy atom. The van der Waals surface area contributed by atoms with Gasteiger partial charge in [0.2, 0.25) is 10.0 Å². The van der Waals surface area contributed by atoms with E-state index in [4.69, 9.17) is 0 Å². The fraction of sp³-hybridized carbons (Fsp3) is 0.500. The van der Waals surface area contributed by atoms with Gasteiger partial charge in [0.1, 0.15) is 4.21 Å². The monoisotopic (exact) mass is 219 g/mol. The Kier molecular flexibility index (Phi) is 3.47. The molecule has 0 atom stereocenters. The van der Waals surface area contributed by atoms with Crippen LogP contribution in [0.25, 0.3) is 0 Å². The molecule has 1 rings (SSSR count). The van der Waals surface area contributed by atoms with E-state index in [-0.39, 0.29) is 0 Å². The summed E-state index contributed by atoms with van der Waals surface area (Å²) in [5, 5.41) is 0. The third-order valence-electron chi connectivity index (χ3n) is 1.58. The highest BCUT2D eigenvalue weighted by molar-refractivity contribution is 7.91. The molecule has 13 heavy (non-hydrogen) atoms. The molecule has 74 valence electrons. The number of thiophene rings is 1. The zero-order valence-corrected chi connectivity index (χ0v) is 9.33. The van der Waals surface area contributed by atoms with Crippen molar-refractivity contribution in [2.75, 3.05) is 6.54 Å². The Labute approximate surface area is 82.8 Å². The topological polar surface area (TPSA) is 46.2 Å². The molecule has 3 nitrogen and oxygen atoms in total. The van der Waals surface area contributed by atoms with Crippen molar-refractivity contribution in [2.45, 2.75) is 24.5 Å². The highest BCUT2D eigenvalue weighted by Crippen LogP contribution is 2.21. The van der Waals surface area contributed by atoms with E-state index in [2.05, 4.69) is 4.72 Å². The molecule has 0 aromatic carbocycles. The van der Waals surface area contributed by atoms with Crippen molar-refractivity contribution < 1.29 is 8.42 Å². The van der Waals surface area contributed by atoms with Crippen LogP contribution in [-0.4, -0.2) is 15.0 Å². The Morgan fingerprint density at radius 2 is 2.08 bits per heavy atom. The van der Waals surface area contributed by atoms with Crippen LogP contribution in [0.4, 0.5) is 0 Å². The van der Waals surface area contributed by atoms with E-state index in [1.165, 1.54) is 11.3 Å². The van der Waals surface area contributed by atoms with Crippen LogP contribution in [0.5, 0.6) is 0 Å². The lowest BCUT2D eigenvalue weighted by Gasteiger charge is -1.99. The molecular weight excluding hydrogens is 206 g/mol. The van der Waals surface area contributed by atoms with Crippen LogP contribution in [0.3, 0.4) is 0 Å². The number of rotatable bonds is 4. The molecule has 0 saturated heterocycles. The van der Waals surface area contributed by atoms with Gasteiger partial charge in [-0.15, -0.1) is 11.3 Å². The Morgan fingerprint density at radius 3 is 2.54 bits per heavy atom. The highest BCUT2D eigenvalue weighted by Gasteiger charge is 2.14. The number of aryl methyl sites for hydroxylation is 1. The van der Waals surface area contributed by atoms with E-state index in [0.29, 0.717) is 10.8 Å². The molecule has 1 N–H and O–H groups in total. The van der Waals surface area contributed by atoms with Crippen LogP contribution >= 0.6 is 11.3 Å². The van der Waals surface area contributed by atoms with Crippen molar-refractivity contribution >= 4 is 21.4 Å². The van der Waals surface area contributed by atoms with Crippen LogP contribution < -0.4 is 4.72 Å². The summed E-state index contributed by atoms with van der Waals surface area (Å²) in [5.41, 5.74) is 0. The number of nitrogens with one attached hydrogen (secondary N) is 1. The zero-order valence-electron chi connectivity index (χ0n) is 7.70. The Balaban J connectivity index is 2.94. The molecule has 0 aliphatic heterocycles. The van der Waals surface area contributed by atoms with Gasteiger partial charge < -0.3 is 0 Å². The van der Waals surface area contributed by atoms with Gasteiger partial charge in [-0.25, -0.2) is 13.1 Å². The number of hydrogen-bond acceptors (Lipinski definition) is 3. The van der Waals surface area contributed by atoms with Crippen molar-refractivity contribution in [1.82, 2.24) is 4.72 Å². The van der Waals surface area contributed by atoms with Gasteiger partial charge in [-0.1, -0.05) is 13.8 Å². The summed E-state index contributed by atoms with van der Waals surface area (Å²) in [7, 11) is -3.23. The first-order valence-electron chi connectivity index (χ1n) is 4.18. The average Bonchev–Trinajstić information content (AvgIpc) is 2.52. The van der Waals surface area contributed by atoms with Gasteiger partial charge in [0.15, 0.2) is 0 Å². The summed E-state index contributed by atoms with van der Waals surface area (Å²) in [6, 6.07) is 3.51. The molecule has 5 heteroatoms. The van der Waals surface area contributed by atoms with Gasteiger partial charge in [-0.3, -0.25) is 0 Å². The minimum Gasteiger partial charge on any atom is -0.211 e. The third kappa shape index (κ3) is 2.52. The van der Waals surface area contributed by atoms with E-state index in [9.17, 15) is 8.42 Å². The lowest BCUT2D eigenvalue weighted by Crippen LogP contribution is -2.22. The maximum absolute atomic E-state index is 11.5. The summed E-state index contributed by atoms with van der Waals surface area (Å²) in [6.45, 7) is 4.21. The minimum atomic E-state index is -3.23. The smallest absolute Gasteiger partial charge is 0.211 e. The Hall–Kier alpha value is -0.390. The number of sulfonamides is 1. The van der Waals surface area contributed by atoms with E-state index in [1.54, 1.807) is 13.0 Å². The second-order valence-corrected chi connectivity index (χ2v) is 5.74. The van der Waals surface area contributed by atoms with Crippen LogP contribution in [-0.2, 0) is 16.4 Å². The average molecular weight is 219 g/mol. The molecule has 0 spiro atoms. The van der Waals surface area contributed by atoms with Gasteiger partial charge >= 0.3 is 0 Å². The summed E-state index contributed by atoms with van der Waals surface area (Å²) < 4.78 is 25.8. The molecule has 0 amide bonds. The second-order valence-electron chi connectivity index (χ2n) is 2.58. The first-order valence-corrected chi connectivity index (χ1v) is 6.48. The molecule has 0 radical (unpaired) electrons. The molecule has 1 aromatic rings. The normalized spacial score (nSPS) is 11.8. The summed E-state index contributed by atoms with van der Waals surface area (Å²) in [4.78, 5) is 1.09. The predicted octanol–water partition coefficient (Wildman–Crippen LogP) is 1.61. The van der Waals surface area contributed by atoms with Crippen LogP contribution in [0.2, 0.25) is 0 Å². The number of hydrogen-bond donors (Lipinski definition) is 1. The van der Waals surface area contributed by atoms with E-state index >= 15 is 0 Å². The molecule has 1 heterocycles. The van der Waals surface area contributed by atoms with Crippen molar-refractivity contribution in [3.63, 3.8) is 0 Å². The Bertz CT molecular complexity index is 367. The molecule has 1 aromatic heterocycles. The maximum Gasteiger partial charge on any atom is 0.250 e. The van der Waals surface area contributed by atoms with Gasteiger partial charge in [0.25, 0.3) is 0 Å².